The molecule has 0 radical (unpaired) electrons. The van der Waals surface area contributed by atoms with Crippen LogP contribution in [0.2, 0.25) is 0 Å². The topological polar surface area (TPSA) is 41.6 Å². The normalized spacial score (nSPS) is 11.4. The molecule has 1 heterocycles. The van der Waals surface area contributed by atoms with Crippen LogP contribution in [-0.4, -0.2) is 9.78 Å². The SMILES string of the molecule is CCn1nc(C(F)(F)F)c(Br)c1C#N. The molecule has 0 saturated heterocycles. The average molecular weight is 268 g/mol. The third-order valence-corrected chi connectivity index (χ3v) is 2.32. The maximum atomic E-state index is 12.3. The first-order valence-electron chi connectivity index (χ1n) is 3.65. The maximum absolute atomic E-state index is 12.3. The smallest absolute Gasteiger partial charge is 0.253 e. The Labute approximate surface area is 86.3 Å². The monoisotopic (exact) mass is 267 g/mol. The summed E-state index contributed by atoms with van der Waals surface area (Å²) < 4.78 is 37.6. The lowest BCUT2D eigenvalue weighted by Crippen LogP contribution is -2.08. The van der Waals surface area contributed by atoms with E-state index in [0.717, 1.165) is 4.68 Å². The highest BCUT2D eigenvalue weighted by molar-refractivity contribution is 9.10. The number of halogens is 4. The Morgan fingerprint density at radius 2 is 2.14 bits per heavy atom. The van der Waals surface area contributed by atoms with Crippen molar-refractivity contribution in [3.63, 3.8) is 0 Å². The molecule has 3 nitrogen and oxygen atoms in total. The standard InChI is InChI=1S/C7H5BrF3N3/c1-2-14-4(3-12)5(8)6(13-14)7(9,10)11/h2H2,1H3. The van der Waals surface area contributed by atoms with Gasteiger partial charge in [-0.2, -0.15) is 23.5 Å². The van der Waals surface area contributed by atoms with E-state index in [9.17, 15) is 13.2 Å². The fraction of sp³-hybridized carbons (Fsp3) is 0.429. The van der Waals surface area contributed by atoms with E-state index in [0.29, 0.717) is 0 Å². The van der Waals surface area contributed by atoms with E-state index in [1.54, 1.807) is 13.0 Å². The van der Waals surface area contributed by atoms with Crippen LogP contribution in [0.3, 0.4) is 0 Å². The van der Waals surface area contributed by atoms with E-state index in [4.69, 9.17) is 5.26 Å². The molecule has 7 heteroatoms. The second-order valence-electron chi connectivity index (χ2n) is 2.44. The van der Waals surface area contributed by atoms with Gasteiger partial charge < -0.3 is 0 Å². The van der Waals surface area contributed by atoms with Crippen molar-refractivity contribution in [2.45, 2.75) is 19.6 Å². The second-order valence-corrected chi connectivity index (χ2v) is 3.23. The van der Waals surface area contributed by atoms with Gasteiger partial charge in [-0.25, -0.2) is 0 Å². The summed E-state index contributed by atoms with van der Waals surface area (Å²) in [6.07, 6.45) is -4.54. The molecule has 0 atom stereocenters. The van der Waals surface area contributed by atoms with Crippen LogP contribution in [0.1, 0.15) is 18.3 Å². The zero-order valence-corrected chi connectivity index (χ0v) is 8.65. The van der Waals surface area contributed by atoms with E-state index in [1.165, 1.54) is 0 Å². The molecule has 0 aromatic carbocycles. The summed E-state index contributed by atoms with van der Waals surface area (Å²) in [4.78, 5) is 0. The molecule has 0 fully saturated rings. The summed E-state index contributed by atoms with van der Waals surface area (Å²) in [7, 11) is 0. The summed E-state index contributed by atoms with van der Waals surface area (Å²) >= 11 is 2.71. The minimum Gasteiger partial charge on any atom is -0.253 e. The molecule has 1 aromatic heterocycles. The highest BCUT2D eigenvalue weighted by atomic mass is 79.9. The van der Waals surface area contributed by atoms with Crippen LogP contribution in [-0.2, 0) is 12.7 Å². The van der Waals surface area contributed by atoms with Gasteiger partial charge in [0.15, 0.2) is 11.4 Å². The van der Waals surface area contributed by atoms with Gasteiger partial charge in [0.1, 0.15) is 6.07 Å². The molecule has 0 aliphatic heterocycles. The largest absolute Gasteiger partial charge is 0.436 e. The molecular weight excluding hydrogens is 263 g/mol. The van der Waals surface area contributed by atoms with Crippen molar-refractivity contribution in [2.24, 2.45) is 0 Å². The predicted octanol–water partition coefficient (Wildman–Crippen LogP) is 2.56. The molecule has 0 unspecified atom stereocenters. The fourth-order valence-electron chi connectivity index (χ4n) is 0.957. The Balaban J connectivity index is 3.37. The van der Waals surface area contributed by atoms with E-state index in [1.807, 2.05) is 0 Å². The Hall–Kier alpha value is -1.03. The van der Waals surface area contributed by atoms with Gasteiger partial charge in [-0.1, -0.05) is 0 Å². The number of hydrogen-bond acceptors (Lipinski definition) is 2. The van der Waals surface area contributed by atoms with Crippen LogP contribution in [0.5, 0.6) is 0 Å². The second kappa shape index (κ2) is 3.61. The predicted molar refractivity (Wildman–Crippen MR) is 45.3 cm³/mol. The van der Waals surface area contributed by atoms with Gasteiger partial charge in [0, 0.05) is 6.54 Å². The van der Waals surface area contributed by atoms with Crippen LogP contribution in [0.4, 0.5) is 13.2 Å². The van der Waals surface area contributed by atoms with Gasteiger partial charge in [-0.3, -0.25) is 4.68 Å². The molecule has 0 spiro atoms. The van der Waals surface area contributed by atoms with E-state index in [2.05, 4.69) is 21.0 Å². The molecule has 1 rings (SSSR count). The molecular formula is C7H5BrF3N3. The minimum absolute atomic E-state index is 0.111. The van der Waals surface area contributed by atoms with Gasteiger partial charge in [-0.15, -0.1) is 0 Å². The molecule has 14 heavy (non-hydrogen) atoms. The van der Waals surface area contributed by atoms with Crippen LogP contribution < -0.4 is 0 Å². The molecule has 0 aliphatic carbocycles. The fourth-order valence-corrected chi connectivity index (χ4v) is 1.55. The molecule has 1 aromatic rings. The number of hydrogen-bond donors (Lipinski definition) is 0. The van der Waals surface area contributed by atoms with Gasteiger partial charge in [0.2, 0.25) is 0 Å². The molecule has 76 valence electrons. The number of nitrogens with zero attached hydrogens (tertiary/aromatic N) is 3. The van der Waals surface area contributed by atoms with Crippen LogP contribution >= 0.6 is 15.9 Å². The number of aromatic nitrogens is 2. The van der Waals surface area contributed by atoms with Crippen molar-refractivity contribution in [3.05, 3.63) is 15.9 Å². The summed E-state index contributed by atoms with van der Waals surface area (Å²) in [5.74, 6) is 0. The van der Waals surface area contributed by atoms with Crippen molar-refractivity contribution in [3.8, 4) is 6.07 Å². The van der Waals surface area contributed by atoms with Crippen LogP contribution in [0.15, 0.2) is 4.47 Å². The lowest BCUT2D eigenvalue weighted by atomic mass is 10.3. The van der Waals surface area contributed by atoms with Crippen molar-refractivity contribution in [1.29, 1.82) is 5.26 Å². The zero-order chi connectivity index (χ0) is 10.9. The van der Waals surface area contributed by atoms with Gasteiger partial charge in [0.05, 0.1) is 4.47 Å². The Morgan fingerprint density at radius 1 is 1.57 bits per heavy atom. The van der Waals surface area contributed by atoms with Crippen LogP contribution in [0.25, 0.3) is 0 Å². The summed E-state index contributed by atoms with van der Waals surface area (Å²) in [5, 5.41) is 11.9. The quantitative estimate of drug-likeness (QED) is 0.785. The van der Waals surface area contributed by atoms with Crippen molar-refractivity contribution >= 4 is 15.9 Å². The highest BCUT2D eigenvalue weighted by Gasteiger charge is 2.38. The zero-order valence-electron chi connectivity index (χ0n) is 7.06. The molecule has 0 N–H and O–H groups in total. The lowest BCUT2D eigenvalue weighted by molar-refractivity contribution is -0.142. The Kier molecular flexibility index (Phi) is 2.85. The van der Waals surface area contributed by atoms with E-state index >= 15 is 0 Å². The summed E-state index contributed by atoms with van der Waals surface area (Å²) in [6.45, 7) is 1.83. The Bertz CT molecular complexity index is 388. The van der Waals surface area contributed by atoms with Crippen LogP contribution in [0, 0.1) is 11.3 Å². The number of aryl methyl sites for hydroxylation is 1. The molecule has 0 bridgehead atoms. The molecule has 0 aliphatic rings. The van der Waals surface area contributed by atoms with E-state index in [-0.39, 0.29) is 16.7 Å². The first kappa shape index (κ1) is 11.0. The Morgan fingerprint density at radius 3 is 2.43 bits per heavy atom. The van der Waals surface area contributed by atoms with Crippen molar-refractivity contribution < 1.29 is 13.2 Å². The summed E-state index contributed by atoms with van der Waals surface area (Å²) in [5.41, 5.74) is -1.17. The lowest BCUT2D eigenvalue weighted by Gasteiger charge is -2.01. The third kappa shape index (κ3) is 1.75. The number of nitriles is 1. The van der Waals surface area contributed by atoms with Gasteiger partial charge in [-0.05, 0) is 22.9 Å². The summed E-state index contributed by atoms with van der Waals surface area (Å²) in [6, 6.07) is 1.66. The average Bonchev–Trinajstić information content (AvgIpc) is 2.40. The first-order chi connectivity index (χ1) is 6.41. The van der Waals surface area contributed by atoms with Gasteiger partial charge >= 0.3 is 6.18 Å². The minimum atomic E-state index is -4.54. The highest BCUT2D eigenvalue weighted by Crippen LogP contribution is 2.35. The first-order valence-corrected chi connectivity index (χ1v) is 4.44. The molecule has 0 amide bonds. The van der Waals surface area contributed by atoms with Crippen molar-refractivity contribution in [2.75, 3.05) is 0 Å². The van der Waals surface area contributed by atoms with E-state index < -0.39 is 11.9 Å². The van der Waals surface area contributed by atoms with Crippen molar-refractivity contribution in [1.82, 2.24) is 9.78 Å². The third-order valence-electron chi connectivity index (χ3n) is 1.57. The maximum Gasteiger partial charge on any atom is 0.436 e. The number of alkyl halides is 3. The molecule has 0 saturated carbocycles. The number of rotatable bonds is 1. The van der Waals surface area contributed by atoms with Gasteiger partial charge in [0.25, 0.3) is 0 Å².